The van der Waals surface area contributed by atoms with Crippen molar-refractivity contribution in [2.45, 2.75) is 13.5 Å². The first-order valence-corrected chi connectivity index (χ1v) is 4.89. The van der Waals surface area contributed by atoms with Gasteiger partial charge in [0.05, 0.1) is 10.6 Å². The summed E-state index contributed by atoms with van der Waals surface area (Å²) >= 11 is 5.98. The quantitative estimate of drug-likeness (QED) is 0.852. The Balaban J connectivity index is 2.72. The number of carbonyl (C=O) groups is 1. The molecule has 0 aliphatic heterocycles. The molecule has 0 aliphatic rings. The van der Waals surface area contributed by atoms with Crippen LogP contribution in [0.15, 0.2) is 18.5 Å². The minimum absolute atomic E-state index is 0.151. The average Bonchev–Trinajstić information content (AvgIpc) is 2.55. The van der Waals surface area contributed by atoms with Gasteiger partial charge in [0.2, 0.25) is 0 Å². The monoisotopic (exact) mass is 224 g/mol. The van der Waals surface area contributed by atoms with Gasteiger partial charge in [0.15, 0.2) is 0 Å². The summed E-state index contributed by atoms with van der Waals surface area (Å²) in [5, 5.41) is 10.0. The normalized spacial score (nSPS) is 10.8. The standard InChI is InChI=1S/C10H9ClN2O2/c1-2-13-5-8(11)7-3-6(10(14)15)4-12-9(7)13/h3-5H,2H2,1H3,(H,14,15). The molecule has 0 atom stereocenters. The van der Waals surface area contributed by atoms with Gasteiger partial charge in [-0.25, -0.2) is 9.78 Å². The van der Waals surface area contributed by atoms with Crippen molar-refractivity contribution in [3.8, 4) is 0 Å². The highest BCUT2D eigenvalue weighted by Crippen LogP contribution is 2.24. The smallest absolute Gasteiger partial charge is 0.337 e. The van der Waals surface area contributed by atoms with Crippen molar-refractivity contribution >= 4 is 28.6 Å². The Morgan fingerprint density at radius 3 is 3.00 bits per heavy atom. The maximum Gasteiger partial charge on any atom is 0.337 e. The van der Waals surface area contributed by atoms with Crippen molar-refractivity contribution in [1.82, 2.24) is 9.55 Å². The SMILES string of the molecule is CCn1cc(Cl)c2cc(C(=O)O)cnc21. The van der Waals surface area contributed by atoms with Crippen molar-refractivity contribution in [2.24, 2.45) is 0 Å². The Kier molecular flexibility index (Phi) is 2.36. The van der Waals surface area contributed by atoms with E-state index >= 15 is 0 Å². The van der Waals surface area contributed by atoms with Crippen LogP contribution in [0, 0.1) is 0 Å². The number of aromatic nitrogens is 2. The minimum atomic E-state index is -0.996. The van der Waals surface area contributed by atoms with Crippen LogP contribution in [0.4, 0.5) is 0 Å². The number of carboxylic acids is 1. The molecule has 2 aromatic rings. The maximum absolute atomic E-state index is 10.7. The van der Waals surface area contributed by atoms with Gasteiger partial charge in [-0.15, -0.1) is 0 Å². The Morgan fingerprint density at radius 1 is 1.67 bits per heavy atom. The zero-order chi connectivity index (χ0) is 11.0. The number of halogens is 1. The van der Waals surface area contributed by atoms with Gasteiger partial charge in [0, 0.05) is 24.3 Å². The van der Waals surface area contributed by atoms with Gasteiger partial charge in [0.25, 0.3) is 0 Å². The molecule has 5 heteroatoms. The van der Waals surface area contributed by atoms with Gasteiger partial charge in [0.1, 0.15) is 5.65 Å². The van der Waals surface area contributed by atoms with Gasteiger partial charge in [-0.1, -0.05) is 11.6 Å². The van der Waals surface area contributed by atoms with E-state index in [1.807, 2.05) is 11.5 Å². The van der Waals surface area contributed by atoms with E-state index in [-0.39, 0.29) is 5.56 Å². The van der Waals surface area contributed by atoms with Crippen LogP contribution in [-0.2, 0) is 6.54 Å². The predicted octanol–water partition coefficient (Wildman–Crippen LogP) is 2.41. The summed E-state index contributed by atoms with van der Waals surface area (Å²) in [4.78, 5) is 14.8. The third-order valence-corrected chi connectivity index (χ3v) is 2.55. The van der Waals surface area contributed by atoms with E-state index in [2.05, 4.69) is 4.98 Å². The van der Waals surface area contributed by atoms with Crippen LogP contribution in [0.1, 0.15) is 17.3 Å². The van der Waals surface area contributed by atoms with Gasteiger partial charge in [-0.05, 0) is 13.0 Å². The number of pyridine rings is 1. The highest BCUT2D eigenvalue weighted by atomic mass is 35.5. The molecule has 2 rings (SSSR count). The Labute approximate surface area is 91.1 Å². The zero-order valence-electron chi connectivity index (χ0n) is 8.07. The van der Waals surface area contributed by atoms with Crippen LogP contribution < -0.4 is 0 Å². The summed E-state index contributed by atoms with van der Waals surface area (Å²) in [6.45, 7) is 2.73. The first kappa shape index (κ1) is 9.98. The number of carboxylic acid groups (broad SMARTS) is 1. The number of rotatable bonds is 2. The van der Waals surface area contributed by atoms with Crippen LogP contribution in [-0.4, -0.2) is 20.6 Å². The second-order valence-corrected chi connectivity index (χ2v) is 3.57. The number of aryl methyl sites for hydroxylation is 1. The van der Waals surface area contributed by atoms with E-state index in [9.17, 15) is 4.79 Å². The van der Waals surface area contributed by atoms with E-state index in [1.54, 1.807) is 12.3 Å². The van der Waals surface area contributed by atoms with E-state index < -0.39 is 5.97 Å². The van der Waals surface area contributed by atoms with E-state index in [0.717, 1.165) is 6.54 Å². The van der Waals surface area contributed by atoms with Gasteiger partial charge >= 0.3 is 5.97 Å². The van der Waals surface area contributed by atoms with Crippen LogP contribution in [0.3, 0.4) is 0 Å². The molecular formula is C10H9ClN2O2. The molecule has 0 aliphatic carbocycles. The number of hydrogen-bond donors (Lipinski definition) is 1. The van der Waals surface area contributed by atoms with Gasteiger partial charge < -0.3 is 9.67 Å². The second kappa shape index (κ2) is 3.55. The lowest BCUT2D eigenvalue weighted by atomic mass is 10.2. The van der Waals surface area contributed by atoms with Crippen molar-refractivity contribution < 1.29 is 9.90 Å². The Hall–Kier alpha value is -1.55. The Bertz CT molecular complexity index is 533. The fourth-order valence-corrected chi connectivity index (χ4v) is 1.74. The second-order valence-electron chi connectivity index (χ2n) is 3.16. The van der Waals surface area contributed by atoms with Crippen LogP contribution in [0.25, 0.3) is 11.0 Å². The molecule has 0 bridgehead atoms. The van der Waals surface area contributed by atoms with Crippen molar-refractivity contribution in [3.63, 3.8) is 0 Å². The molecule has 2 aromatic heterocycles. The van der Waals surface area contributed by atoms with Crippen LogP contribution in [0.5, 0.6) is 0 Å². The first-order valence-electron chi connectivity index (χ1n) is 4.51. The zero-order valence-corrected chi connectivity index (χ0v) is 8.82. The topological polar surface area (TPSA) is 55.1 Å². The van der Waals surface area contributed by atoms with Crippen LogP contribution in [0.2, 0.25) is 5.02 Å². The number of hydrogen-bond acceptors (Lipinski definition) is 2. The maximum atomic E-state index is 10.7. The summed E-state index contributed by atoms with van der Waals surface area (Å²) in [6, 6.07) is 1.54. The molecule has 4 nitrogen and oxygen atoms in total. The molecule has 0 saturated heterocycles. The highest BCUT2D eigenvalue weighted by Gasteiger charge is 2.10. The Morgan fingerprint density at radius 2 is 2.40 bits per heavy atom. The molecule has 0 unspecified atom stereocenters. The lowest BCUT2D eigenvalue weighted by molar-refractivity contribution is 0.0696. The summed E-state index contributed by atoms with van der Waals surface area (Å²) in [6.07, 6.45) is 3.10. The molecule has 0 radical (unpaired) electrons. The molecular weight excluding hydrogens is 216 g/mol. The average molecular weight is 225 g/mol. The minimum Gasteiger partial charge on any atom is -0.478 e. The number of nitrogens with zero attached hydrogens (tertiary/aromatic N) is 2. The third kappa shape index (κ3) is 1.57. The lowest BCUT2D eigenvalue weighted by Gasteiger charge is -1.99. The number of fused-ring (bicyclic) bond motifs is 1. The molecule has 78 valence electrons. The predicted molar refractivity (Wildman–Crippen MR) is 57.4 cm³/mol. The highest BCUT2D eigenvalue weighted by molar-refractivity contribution is 6.35. The molecule has 0 saturated carbocycles. The summed E-state index contributed by atoms with van der Waals surface area (Å²) < 4.78 is 1.88. The fraction of sp³-hybridized carbons (Fsp3) is 0.200. The van der Waals surface area contributed by atoms with Crippen molar-refractivity contribution in [2.75, 3.05) is 0 Å². The lowest BCUT2D eigenvalue weighted by Crippen LogP contribution is -1.98. The van der Waals surface area contributed by atoms with Crippen LogP contribution >= 0.6 is 11.6 Å². The van der Waals surface area contributed by atoms with E-state index in [4.69, 9.17) is 16.7 Å². The molecule has 0 aromatic carbocycles. The summed E-state index contributed by atoms with van der Waals surface area (Å²) in [7, 11) is 0. The van der Waals surface area contributed by atoms with Crippen molar-refractivity contribution in [1.29, 1.82) is 0 Å². The molecule has 1 N–H and O–H groups in total. The first-order chi connectivity index (χ1) is 7.13. The van der Waals surface area contributed by atoms with E-state index in [0.29, 0.717) is 16.1 Å². The largest absolute Gasteiger partial charge is 0.478 e. The molecule has 0 amide bonds. The molecule has 2 heterocycles. The summed E-state index contributed by atoms with van der Waals surface area (Å²) in [5.41, 5.74) is 0.866. The van der Waals surface area contributed by atoms with Gasteiger partial charge in [-0.3, -0.25) is 0 Å². The number of aromatic carboxylic acids is 1. The molecule has 15 heavy (non-hydrogen) atoms. The van der Waals surface area contributed by atoms with Crippen molar-refractivity contribution in [3.05, 3.63) is 29.0 Å². The van der Waals surface area contributed by atoms with E-state index in [1.165, 1.54) is 6.20 Å². The summed E-state index contributed by atoms with van der Waals surface area (Å²) in [5.74, 6) is -0.996. The van der Waals surface area contributed by atoms with Gasteiger partial charge in [-0.2, -0.15) is 0 Å². The molecule has 0 fully saturated rings. The molecule has 0 spiro atoms. The fourth-order valence-electron chi connectivity index (χ4n) is 1.49. The third-order valence-electron chi connectivity index (χ3n) is 2.25.